The minimum atomic E-state index is -0.885. The Morgan fingerprint density at radius 2 is 1.58 bits per heavy atom. The van der Waals surface area contributed by atoms with Crippen LogP contribution in [-0.4, -0.2) is 65.4 Å². The van der Waals surface area contributed by atoms with Gasteiger partial charge in [0.05, 0.1) is 0 Å². The van der Waals surface area contributed by atoms with Gasteiger partial charge in [0.2, 0.25) is 17.1 Å². The molecule has 1 aromatic carbocycles. The zero-order chi connectivity index (χ0) is 29.0. The van der Waals surface area contributed by atoms with Crippen LogP contribution in [0, 0.1) is 5.92 Å². The number of hydrogen-bond donors (Lipinski definition) is 3. The van der Waals surface area contributed by atoms with Crippen LogP contribution in [0.25, 0.3) is 0 Å². The van der Waals surface area contributed by atoms with Gasteiger partial charge < -0.3 is 30.3 Å². The van der Waals surface area contributed by atoms with Crippen LogP contribution in [0.5, 0.6) is 0 Å². The Morgan fingerprint density at radius 3 is 2.11 bits per heavy atom. The van der Waals surface area contributed by atoms with E-state index in [-0.39, 0.29) is 18.9 Å². The molecule has 0 bridgehead atoms. The fourth-order valence-electron chi connectivity index (χ4n) is 3.07. The van der Waals surface area contributed by atoms with E-state index >= 15 is 0 Å². The second kappa shape index (κ2) is 15.2. The molecule has 0 unspecified atom stereocenters. The number of benzene rings is 1. The van der Waals surface area contributed by atoms with Crippen molar-refractivity contribution in [2.45, 2.75) is 78.7 Å². The molecule has 0 saturated heterocycles. The number of rotatable bonds is 12. The molecule has 0 aliphatic carbocycles. The topological polar surface area (TPSA) is 143 Å². The van der Waals surface area contributed by atoms with Gasteiger partial charge in [0.1, 0.15) is 24.3 Å². The number of anilines is 1. The third kappa shape index (κ3) is 12.8. The van der Waals surface area contributed by atoms with E-state index in [1.807, 2.05) is 0 Å². The largest absolute Gasteiger partial charge is 0.445 e. The number of nitrogens with zero attached hydrogens (tertiary/aromatic N) is 1. The monoisotopic (exact) mass is 554 g/mol. The summed E-state index contributed by atoms with van der Waals surface area (Å²) in [5.74, 6) is -1.20. The standard InChI is InChI=1S/C26H39ClN4O7/c1-16(2)21(30-24(35)38-26(4,5)6)23(34)28-17(3)22(33)29-19-12-10-18(11-13-19)15-37-25(36)31(7)14-8-9-20(27)32/h10-13,16-17,21H,8-9,14-15H2,1-7H3,(H,28,34)(H,29,33)(H,30,35)/t17-,21-/m0/s1. The molecule has 0 aromatic heterocycles. The van der Waals surface area contributed by atoms with Crippen LogP contribution in [0.2, 0.25) is 0 Å². The number of carbonyl (C=O) groups is 5. The SMILES string of the molecule is CC(C)[C@H](NC(=O)OC(C)(C)C)C(=O)N[C@@H](C)C(=O)Nc1ccc(COC(=O)N(C)CCCC(=O)Cl)cc1. The third-order valence-electron chi connectivity index (χ3n) is 5.14. The molecule has 3 N–H and O–H groups in total. The molecule has 0 fully saturated rings. The lowest BCUT2D eigenvalue weighted by atomic mass is 10.0. The van der Waals surface area contributed by atoms with Gasteiger partial charge in [-0.05, 0) is 69.3 Å². The van der Waals surface area contributed by atoms with E-state index in [1.165, 1.54) is 11.8 Å². The second-order valence-electron chi connectivity index (χ2n) is 10.2. The first-order valence-electron chi connectivity index (χ1n) is 12.3. The van der Waals surface area contributed by atoms with E-state index < -0.39 is 46.9 Å². The first kappa shape index (κ1) is 32.7. The van der Waals surface area contributed by atoms with Gasteiger partial charge in [0, 0.05) is 25.7 Å². The molecule has 1 rings (SSSR count). The Labute approximate surface area is 228 Å². The van der Waals surface area contributed by atoms with Crippen LogP contribution in [-0.2, 0) is 30.5 Å². The average molecular weight is 555 g/mol. The van der Waals surface area contributed by atoms with Crippen molar-refractivity contribution in [2.24, 2.45) is 5.92 Å². The zero-order valence-electron chi connectivity index (χ0n) is 23.1. The molecule has 2 atom stereocenters. The van der Waals surface area contributed by atoms with Crippen molar-refractivity contribution in [1.82, 2.24) is 15.5 Å². The predicted molar refractivity (Wildman–Crippen MR) is 144 cm³/mol. The third-order valence-corrected chi connectivity index (χ3v) is 5.32. The Kier molecular flexibility index (Phi) is 13.0. The highest BCUT2D eigenvalue weighted by molar-refractivity contribution is 6.63. The number of alkyl carbamates (subject to hydrolysis) is 1. The van der Waals surface area contributed by atoms with E-state index in [9.17, 15) is 24.0 Å². The molecule has 11 nitrogen and oxygen atoms in total. The fourth-order valence-corrected chi connectivity index (χ4v) is 3.21. The highest BCUT2D eigenvalue weighted by Crippen LogP contribution is 2.13. The Bertz CT molecular complexity index is 977. The molecule has 0 heterocycles. The fraction of sp³-hybridized carbons (Fsp3) is 0.577. The smallest absolute Gasteiger partial charge is 0.409 e. The van der Waals surface area contributed by atoms with E-state index in [0.717, 1.165) is 0 Å². The number of amides is 4. The number of nitrogens with one attached hydrogen (secondary N) is 3. The van der Waals surface area contributed by atoms with Gasteiger partial charge in [0.25, 0.3) is 0 Å². The highest BCUT2D eigenvalue weighted by atomic mass is 35.5. The van der Waals surface area contributed by atoms with Gasteiger partial charge in [-0.1, -0.05) is 26.0 Å². The molecule has 38 heavy (non-hydrogen) atoms. The van der Waals surface area contributed by atoms with Gasteiger partial charge in [-0.25, -0.2) is 9.59 Å². The summed E-state index contributed by atoms with van der Waals surface area (Å²) in [7, 11) is 1.57. The van der Waals surface area contributed by atoms with Crippen LogP contribution in [0.1, 0.15) is 59.9 Å². The quantitative estimate of drug-likeness (QED) is 0.333. The molecule has 4 amide bonds. The van der Waals surface area contributed by atoms with E-state index in [1.54, 1.807) is 65.9 Å². The van der Waals surface area contributed by atoms with Gasteiger partial charge in [0.15, 0.2) is 0 Å². The molecule has 212 valence electrons. The summed E-state index contributed by atoms with van der Waals surface area (Å²) in [6, 6.07) is 4.91. The normalized spacial score (nSPS) is 12.7. The first-order chi connectivity index (χ1) is 17.6. The van der Waals surface area contributed by atoms with Crippen LogP contribution in [0.15, 0.2) is 24.3 Å². The summed E-state index contributed by atoms with van der Waals surface area (Å²) in [6.45, 7) is 10.6. The lowest BCUT2D eigenvalue weighted by molar-refractivity contribution is -0.128. The number of ether oxygens (including phenoxy) is 2. The maximum absolute atomic E-state index is 12.7. The lowest BCUT2D eigenvalue weighted by Crippen LogP contribution is -2.54. The van der Waals surface area contributed by atoms with Crippen molar-refractivity contribution in [2.75, 3.05) is 18.9 Å². The Morgan fingerprint density at radius 1 is 0.974 bits per heavy atom. The molecular weight excluding hydrogens is 516 g/mol. The lowest BCUT2D eigenvalue weighted by Gasteiger charge is -2.26. The van der Waals surface area contributed by atoms with Crippen LogP contribution in [0.3, 0.4) is 0 Å². The zero-order valence-corrected chi connectivity index (χ0v) is 23.8. The maximum Gasteiger partial charge on any atom is 0.409 e. The molecular formula is C26H39ClN4O7. The van der Waals surface area contributed by atoms with Crippen LogP contribution in [0.4, 0.5) is 15.3 Å². The average Bonchev–Trinajstić information content (AvgIpc) is 2.80. The number of halogens is 1. The maximum atomic E-state index is 12.7. The summed E-state index contributed by atoms with van der Waals surface area (Å²) >= 11 is 5.29. The van der Waals surface area contributed by atoms with Crippen molar-refractivity contribution < 1.29 is 33.4 Å². The van der Waals surface area contributed by atoms with Gasteiger partial charge in [-0.2, -0.15) is 0 Å². The van der Waals surface area contributed by atoms with Crippen LogP contribution < -0.4 is 16.0 Å². The molecule has 0 spiro atoms. The second-order valence-corrected chi connectivity index (χ2v) is 10.6. The van der Waals surface area contributed by atoms with E-state index in [0.29, 0.717) is 24.2 Å². The molecule has 1 aromatic rings. The van der Waals surface area contributed by atoms with Gasteiger partial charge in [-0.15, -0.1) is 0 Å². The number of hydrogen-bond acceptors (Lipinski definition) is 7. The summed E-state index contributed by atoms with van der Waals surface area (Å²) in [5.41, 5.74) is 0.479. The van der Waals surface area contributed by atoms with Crippen molar-refractivity contribution in [3.05, 3.63) is 29.8 Å². The minimum absolute atomic E-state index is 0.0273. The molecule has 0 radical (unpaired) electrons. The van der Waals surface area contributed by atoms with Crippen molar-refractivity contribution in [3.8, 4) is 0 Å². The van der Waals surface area contributed by atoms with Crippen molar-refractivity contribution in [3.63, 3.8) is 0 Å². The molecule has 0 aliphatic heterocycles. The Balaban J connectivity index is 2.58. The molecule has 12 heteroatoms. The van der Waals surface area contributed by atoms with Gasteiger partial charge in [-0.3, -0.25) is 14.4 Å². The number of carbonyl (C=O) groups excluding carboxylic acids is 5. The van der Waals surface area contributed by atoms with Gasteiger partial charge >= 0.3 is 12.2 Å². The Hall–Kier alpha value is -3.34. The first-order valence-corrected chi connectivity index (χ1v) is 12.7. The molecule has 0 aliphatic rings. The van der Waals surface area contributed by atoms with E-state index in [4.69, 9.17) is 21.1 Å². The summed E-state index contributed by atoms with van der Waals surface area (Å²) in [5, 5.41) is 7.42. The summed E-state index contributed by atoms with van der Waals surface area (Å²) < 4.78 is 10.5. The van der Waals surface area contributed by atoms with Crippen LogP contribution >= 0.6 is 11.6 Å². The van der Waals surface area contributed by atoms with Crippen molar-refractivity contribution in [1.29, 1.82) is 0 Å². The summed E-state index contributed by atoms with van der Waals surface area (Å²) in [4.78, 5) is 61.6. The van der Waals surface area contributed by atoms with E-state index in [2.05, 4.69) is 16.0 Å². The van der Waals surface area contributed by atoms with Crippen molar-refractivity contribution >= 4 is 46.5 Å². The highest BCUT2D eigenvalue weighted by Gasteiger charge is 2.29. The predicted octanol–water partition coefficient (Wildman–Crippen LogP) is 3.79. The summed E-state index contributed by atoms with van der Waals surface area (Å²) in [6.07, 6.45) is -0.631. The minimum Gasteiger partial charge on any atom is -0.445 e. The molecule has 0 saturated carbocycles.